The molecule has 0 saturated heterocycles. The fourth-order valence-electron chi connectivity index (χ4n) is 1.77. The van der Waals surface area contributed by atoms with E-state index in [1.165, 1.54) is 12.1 Å². The van der Waals surface area contributed by atoms with Gasteiger partial charge in [-0.05, 0) is 31.6 Å². The highest BCUT2D eigenvalue weighted by atomic mass is 16.3. The van der Waals surface area contributed by atoms with E-state index in [1.54, 1.807) is 19.9 Å². The average Bonchev–Trinajstić information content (AvgIpc) is 2.18. The topological polar surface area (TPSA) is 54.4 Å². The van der Waals surface area contributed by atoms with Gasteiger partial charge in [-0.3, -0.25) is 9.59 Å². The lowest BCUT2D eigenvalue weighted by Crippen LogP contribution is -2.17. The largest absolute Gasteiger partial charge is 0.507 e. The van der Waals surface area contributed by atoms with Gasteiger partial charge in [-0.15, -0.1) is 0 Å². The standard InChI is InChI=1S/C12H10O3/c1-6-3-4-8(13)11-10(6)9(14)5-7(2)12(11)15/h3-5,13H,1-2H3. The Balaban J connectivity index is 2.82. The predicted octanol–water partition coefficient (Wildman–Crippen LogP) is 2.03. The third-order valence-corrected chi connectivity index (χ3v) is 2.57. The number of allylic oxidation sites excluding steroid dienone is 2. The molecule has 0 fully saturated rings. The number of ketones is 2. The quantitative estimate of drug-likeness (QED) is 0.700. The second-order valence-corrected chi connectivity index (χ2v) is 3.67. The molecule has 3 nitrogen and oxygen atoms in total. The Labute approximate surface area is 87.0 Å². The van der Waals surface area contributed by atoms with Gasteiger partial charge in [0.25, 0.3) is 0 Å². The van der Waals surface area contributed by atoms with Crippen LogP contribution in [-0.2, 0) is 0 Å². The summed E-state index contributed by atoms with van der Waals surface area (Å²) < 4.78 is 0. The Morgan fingerprint density at radius 3 is 2.40 bits per heavy atom. The van der Waals surface area contributed by atoms with Crippen LogP contribution in [0.1, 0.15) is 33.2 Å². The van der Waals surface area contributed by atoms with Crippen molar-refractivity contribution in [2.24, 2.45) is 0 Å². The molecule has 2 rings (SSSR count). The summed E-state index contributed by atoms with van der Waals surface area (Å²) in [5, 5.41) is 9.59. The molecule has 0 amide bonds. The number of Topliss-reactive ketones (excluding diaryl/α,β-unsaturated/α-hetero) is 1. The van der Waals surface area contributed by atoms with Crippen molar-refractivity contribution in [1.29, 1.82) is 0 Å². The molecular weight excluding hydrogens is 192 g/mol. The molecule has 1 aliphatic rings. The lowest BCUT2D eigenvalue weighted by atomic mass is 9.87. The van der Waals surface area contributed by atoms with Crippen molar-refractivity contribution in [3.05, 3.63) is 40.5 Å². The normalized spacial score (nSPS) is 14.9. The molecule has 1 aromatic carbocycles. The van der Waals surface area contributed by atoms with Crippen LogP contribution in [0.2, 0.25) is 0 Å². The van der Waals surface area contributed by atoms with Crippen LogP contribution in [0.5, 0.6) is 5.75 Å². The van der Waals surface area contributed by atoms with E-state index in [0.717, 1.165) is 0 Å². The van der Waals surface area contributed by atoms with Gasteiger partial charge in [0.05, 0.1) is 5.56 Å². The number of aryl methyl sites for hydroxylation is 1. The Kier molecular flexibility index (Phi) is 1.96. The van der Waals surface area contributed by atoms with E-state index < -0.39 is 0 Å². The number of rotatable bonds is 0. The van der Waals surface area contributed by atoms with Crippen LogP contribution in [0.25, 0.3) is 0 Å². The monoisotopic (exact) mass is 202 g/mol. The summed E-state index contributed by atoms with van der Waals surface area (Å²) >= 11 is 0. The molecule has 0 atom stereocenters. The van der Waals surface area contributed by atoms with Gasteiger partial charge in [-0.25, -0.2) is 0 Å². The fourth-order valence-corrected chi connectivity index (χ4v) is 1.77. The van der Waals surface area contributed by atoms with Crippen LogP contribution in [-0.4, -0.2) is 16.7 Å². The Hall–Kier alpha value is -1.90. The number of hydrogen-bond donors (Lipinski definition) is 1. The number of carbonyl (C=O) groups excluding carboxylic acids is 2. The SMILES string of the molecule is CC1=CC(=O)c2c(C)ccc(O)c2C1=O. The maximum Gasteiger partial charge on any atom is 0.193 e. The van der Waals surface area contributed by atoms with Crippen molar-refractivity contribution in [2.75, 3.05) is 0 Å². The van der Waals surface area contributed by atoms with Crippen LogP contribution in [0, 0.1) is 6.92 Å². The van der Waals surface area contributed by atoms with Gasteiger partial charge in [0, 0.05) is 11.1 Å². The third kappa shape index (κ3) is 1.28. The molecule has 76 valence electrons. The number of hydrogen-bond acceptors (Lipinski definition) is 3. The molecule has 1 N–H and O–H groups in total. The van der Waals surface area contributed by atoms with Gasteiger partial charge in [0.15, 0.2) is 11.6 Å². The zero-order valence-electron chi connectivity index (χ0n) is 8.50. The van der Waals surface area contributed by atoms with Crippen molar-refractivity contribution >= 4 is 11.6 Å². The molecule has 0 aromatic heterocycles. The summed E-state index contributed by atoms with van der Waals surface area (Å²) in [6.45, 7) is 3.32. The highest BCUT2D eigenvalue weighted by Crippen LogP contribution is 2.30. The molecule has 0 saturated carbocycles. The van der Waals surface area contributed by atoms with E-state index in [-0.39, 0.29) is 22.9 Å². The van der Waals surface area contributed by atoms with Crippen molar-refractivity contribution in [2.45, 2.75) is 13.8 Å². The minimum absolute atomic E-state index is 0.124. The van der Waals surface area contributed by atoms with Gasteiger partial charge in [-0.1, -0.05) is 6.07 Å². The molecule has 3 heteroatoms. The summed E-state index contributed by atoms with van der Waals surface area (Å²) in [7, 11) is 0. The fraction of sp³-hybridized carbons (Fsp3) is 0.167. The third-order valence-electron chi connectivity index (χ3n) is 2.57. The zero-order valence-corrected chi connectivity index (χ0v) is 8.50. The molecule has 0 unspecified atom stereocenters. The van der Waals surface area contributed by atoms with E-state index in [4.69, 9.17) is 0 Å². The Bertz CT molecular complexity index is 510. The number of aromatic hydroxyl groups is 1. The van der Waals surface area contributed by atoms with Gasteiger partial charge in [0.1, 0.15) is 5.75 Å². The zero-order chi connectivity index (χ0) is 11.2. The summed E-state index contributed by atoms with van der Waals surface area (Å²) in [5.74, 6) is -0.609. The summed E-state index contributed by atoms with van der Waals surface area (Å²) in [6.07, 6.45) is 1.32. The average molecular weight is 202 g/mol. The lowest BCUT2D eigenvalue weighted by Gasteiger charge is -2.15. The van der Waals surface area contributed by atoms with E-state index >= 15 is 0 Å². The summed E-state index contributed by atoms with van der Waals surface area (Å²) in [4.78, 5) is 23.4. The van der Waals surface area contributed by atoms with Crippen LogP contribution >= 0.6 is 0 Å². The molecular formula is C12H10O3. The Morgan fingerprint density at radius 1 is 1.07 bits per heavy atom. The van der Waals surface area contributed by atoms with E-state index in [0.29, 0.717) is 16.7 Å². The second-order valence-electron chi connectivity index (χ2n) is 3.67. The number of fused-ring (bicyclic) bond motifs is 1. The number of benzene rings is 1. The van der Waals surface area contributed by atoms with Gasteiger partial charge in [-0.2, -0.15) is 0 Å². The van der Waals surface area contributed by atoms with Crippen LogP contribution < -0.4 is 0 Å². The van der Waals surface area contributed by atoms with E-state index in [1.807, 2.05) is 0 Å². The number of phenolic OH excluding ortho intramolecular Hbond substituents is 1. The van der Waals surface area contributed by atoms with E-state index in [2.05, 4.69) is 0 Å². The first-order chi connectivity index (χ1) is 7.02. The highest BCUT2D eigenvalue weighted by Gasteiger charge is 2.27. The van der Waals surface area contributed by atoms with Crippen molar-refractivity contribution < 1.29 is 14.7 Å². The summed E-state index contributed by atoms with van der Waals surface area (Å²) in [6, 6.07) is 3.08. The smallest absolute Gasteiger partial charge is 0.193 e. The van der Waals surface area contributed by atoms with Crippen LogP contribution in [0.15, 0.2) is 23.8 Å². The predicted molar refractivity (Wildman–Crippen MR) is 55.3 cm³/mol. The maximum atomic E-state index is 11.8. The molecule has 0 aliphatic heterocycles. The van der Waals surface area contributed by atoms with Gasteiger partial charge < -0.3 is 5.11 Å². The molecule has 0 bridgehead atoms. The van der Waals surface area contributed by atoms with Crippen molar-refractivity contribution in [3.63, 3.8) is 0 Å². The van der Waals surface area contributed by atoms with Crippen LogP contribution in [0.4, 0.5) is 0 Å². The van der Waals surface area contributed by atoms with Gasteiger partial charge >= 0.3 is 0 Å². The minimum Gasteiger partial charge on any atom is -0.507 e. The van der Waals surface area contributed by atoms with Crippen molar-refractivity contribution in [3.8, 4) is 5.75 Å². The second kappa shape index (κ2) is 3.05. The summed E-state index contributed by atoms with van der Waals surface area (Å²) in [5.41, 5.74) is 1.55. The molecule has 1 aromatic rings. The minimum atomic E-state index is -0.272. The first kappa shape index (κ1) is 9.65. The Morgan fingerprint density at radius 2 is 1.73 bits per heavy atom. The number of carbonyl (C=O) groups is 2. The van der Waals surface area contributed by atoms with Crippen LogP contribution in [0.3, 0.4) is 0 Å². The molecule has 0 spiro atoms. The first-order valence-corrected chi connectivity index (χ1v) is 4.62. The van der Waals surface area contributed by atoms with Crippen molar-refractivity contribution in [1.82, 2.24) is 0 Å². The van der Waals surface area contributed by atoms with E-state index in [9.17, 15) is 14.7 Å². The molecule has 15 heavy (non-hydrogen) atoms. The first-order valence-electron chi connectivity index (χ1n) is 4.62. The molecule has 0 radical (unpaired) electrons. The number of phenols is 1. The maximum absolute atomic E-state index is 11.8. The highest BCUT2D eigenvalue weighted by molar-refractivity contribution is 6.25. The lowest BCUT2D eigenvalue weighted by molar-refractivity contribution is 0.0981. The molecule has 1 aliphatic carbocycles. The molecule has 0 heterocycles. The van der Waals surface area contributed by atoms with Gasteiger partial charge in [0.2, 0.25) is 0 Å².